The van der Waals surface area contributed by atoms with Crippen molar-refractivity contribution in [3.05, 3.63) is 63.8 Å². The average molecular weight is 498 g/mol. The van der Waals surface area contributed by atoms with E-state index in [2.05, 4.69) is 28.4 Å². The first-order valence-corrected chi connectivity index (χ1v) is 12.5. The van der Waals surface area contributed by atoms with Crippen molar-refractivity contribution in [2.45, 2.75) is 31.8 Å². The highest BCUT2D eigenvalue weighted by Gasteiger charge is 2.35. The number of nitro groups is 1. The van der Waals surface area contributed by atoms with Crippen molar-refractivity contribution in [1.29, 1.82) is 0 Å². The zero-order valence-corrected chi connectivity index (χ0v) is 21.1. The number of anilines is 1. The number of carbonyl (C=O) groups is 1. The molecule has 5 atom stereocenters. The average Bonchev–Trinajstić information content (AvgIpc) is 3.29. The summed E-state index contributed by atoms with van der Waals surface area (Å²) >= 11 is 0. The summed E-state index contributed by atoms with van der Waals surface area (Å²) in [4.78, 5) is 26.6. The smallest absolute Gasteiger partial charge is 0.232 e. The van der Waals surface area contributed by atoms with Crippen LogP contribution in [0.3, 0.4) is 0 Å². The first kappa shape index (κ1) is 25.9. The summed E-state index contributed by atoms with van der Waals surface area (Å²) in [6.07, 6.45) is 11.5. The molecule has 1 fully saturated rings. The van der Waals surface area contributed by atoms with E-state index < -0.39 is 6.04 Å². The normalized spacial score (nSPS) is 27.3. The third-order valence-corrected chi connectivity index (χ3v) is 7.75. The summed E-state index contributed by atoms with van der Waals surface area (Å²) in [5.74, 6) is 1.07. The van der Waals surface area contributed by atoms with E-state index in [1.165, 1.54) is 7.11 Å². The highest BCUT2D eigenvalue weighted by atomic mass is 16.6. The van der Waals surface area contributed by atoms with Gasteiger partial charge in [-0.3, -0.25) is 19.8 Å². The Balaban J connectivity index is 1.51. The number of carbonyl (C=O) groups excluding carboxylic acids is 1. The Labute approximate surface area is 211 Å². The number of Topliss-reactive ketones (excluding diaryl/α,β-unsaturated/α-hetero) is 1. The van der Waals surface area contributed by atoms with Crippen LogP contribution >= 0.6 is 0 Å². The Kier molecular flexibility index (Phi) is 8.11. The number of likely N-dealkylation sites (tertiary alicyclic amines) is 1. The zero-order chi connectivity index (χ0) is 25.8. The van der Waals surface area contributed by atoms with Crippen molar-refractivity contribution in [1.82, 2.24) is 4.90 Å². The molecular weight excluding hydrogens is 462 g/mol. The van der Waals surface area contributed by atoms with Crippen LogP contribution in [0.25, 0.3) is 0 Å². The second-order valence-corrected chi connectivity index (χ2v) is 9.76. The molecule has 4 rings (SSSR count). The van der Waals surface area contributed by atoms with E-state index in [-0.39, 0.29) is 41.8 Å². The zero-order valence-electron chi connectivity index (χ0n) is 21.1. The Morgan fingerprint density at radius 2 is 2.06 bits per heavy atom. The van der Waals surface area contributed by atoms with Crippen LogP contribution in [-0.4, -0.2) is 73.3 Å². The maximum absolute atomic E-state index is 13.3. The largest absolute Gasteiger partial charge is 0.493 e. The molecule has 1 heterocycles. The summed E-state index contributed by atoms with van der Waals surface area (Å²) in [5, 5.41) is 24.2. The van der Waals surface area contributed by atoms with E-state index in [1.807, 2.05) is 13.0 Å². The van der Waals surface area contributed by atoms with Crippen LogP contribution < -0.4 is 14.8 Å². The van der Waals surface area contributed by atoms with Gasteiger partial charge in [-0.2, -0.15) is 0 Å². The summed E-state index contributed by atoms with van der Waals surface area (Å²) in [7, 11) is 3.27. The molecule has 0 radical (unpaired) electrons. The van der Waals surface area contributed by atoms with Crippen LogP contribution in [0.2, 0.25) is 0 Å². The first-order valence-electron chi connectivity index (χ1n) is 12.5. The Morgan fingerprint density at radius 1 is 1.28 bits per heavy atom. The van der Waals surface area contributed by atoms with Crippen molar-refractivity contribution in [2.24, 2.45) is 17.8 Å². The van der Waals surface area contributed by atoms with E-state index in [1.54, 1.807) is 25.3 Å². The molecule has 194 valence electrons. The number of aliphatic hydroxyl groups is 1. The summed E-state index contributed by atoms with van der Waals surface area (Å²) in [6, 6.07) is 2.84. The minimum Gasteiger partial charge on any atom is -0.493 e. The molecule has 9 heteroatoms. The molecule has 9 nitrogen and oxygen atoms in total. The molecule has 1 saturated heterocycles. The van der Waals surface area contributed by atoms with Gasteiger partial charge in [0, 0.05) is 48.4 Å². The van der Waals surface area contributed by atoms with Gasteiger partial charge in [-0.05, 0) is 48.4 Å². The molecule has 0 spiro atoms. The lowest BCUT2D eigenvalue weighted by Crippen LogP contribution is -2.36. The predicted molar refractivity (Wildman–Crippen MR) is 137 cm³/mol. The number of hydrogen-bond donors (Lipinski definition) is 2. The lowest BCUT2D eigenvalue weighted by atomic mass is 9.78. The lowest BCUT2D eigenvalue weighted by molar-refractivity contribution is -0.513. The van der Waals surface area contributed by atoms with E-state index >= 15 is 0 Å². The summed E-state index contributed by atoms with van der Waals surface area (Å²) < 4.78 is 11.6. The van der Waals surface area contributed by atoms with Crippen LogP contribution in [0, 0.1) is 27.9 Å². The van der Waals surface area contributed by atoms with Gasteiger partial charge in [0.1, 0.15) is 6.61 Å². The molecule has 0 bridgehead atoms. The fourth-order valence-electron chi connectivity index (χ4n) is 5.49. The maximum Gasteiger partial charge on any atom is 0.232 e. The Morgan fingerprint density at radius 3 is 2.75 bits per heavy atom. The van der Waals surface area contributed by atoms with Crippen molar-refractivity contribution in [3.8, 4) is 11.5 Å². The van der Waals surface area contributed by atoms with Crippen molar-refractivity contribution in [2.75, 3.05) is 45.8 Å². The maximum atomic E-state index is 13.3. The fraction of sp³-hybridized carbons (Fsp3) is 0.519. The molecule has 0 saturated carbocycles. The number of nitrogens with zero attached hydrogens (tertiary/aromatic N) is 2. The van der Waals surface area contributed by atoms with Gasteiger partial charge in [-0.15, -0.1) is 0 Å². The highest BCUT2D eigenvalue weighted by molar-refractivity contribution is 6.03. The molecule has 5 unspecified atom stereocenters. The van der Waals surface area contributed by atoms with Gasteiger partial charge in [0.25, 0.3) is 0 Å². The quantitative estimate of drug-likeness (QED) is 0.219. The van der Waals surface area contributed by atoms with Crippen molar-refractivity contribution >= 4 is 11.5 Å². The number of ketones is 1. The lowest BCUT2D eigenvalue weighted by Gasteiger charge is -2.30. The number of methoxy groups -OCH3 is 1. The van der Waals surface area contributed by atoms with Gasteiger partial charge in [-0.1, -0.05) is 31.2 Å². The van der Waals surface area contributed by atoms with E-state index in [0.717, 1.165) is 18.5 Å². The molecule has 1 aromatic rings. The molecule has 2 N–H and O–H groups in total. The number of hydrogen-bond acceptors (Lipinski definition) is 8. The fourth-order valence-corrected chi connectivity index (χ4v) is 5.49. The number of fused-ring (bicyclic) bond motifs is 1. The van der Waals surface area contributed by atoms with Crippen LogP contribution in [0.15, 0.2) is 48.1 Å². The molecule has 36 heavy (non-hydrogen) atoms. The second-order valence-electron chi connectivity index (χ2n) is 9.76. The van der Waals surface area contributed by atoms with Crippen LogP contribution in [-0.2, 0) is 0 Å². The second kappa shape index (κ2) is 11.3. The molecule has 0 aromatic heterocycles. The third-order valence-electron chi connectivity index (χ3n) is 7.75. The van der Waals surface area contributed by atoms with Crippen molar-refractivity contribution in [3.63, 3.8) is 0 Å². The Bertz CT molecular complexity index is 1080. The molecule has 2 aliphatic carbocycles. The van der Waals surface area contributed by atoms with Crippen LogP contribution in [0.1, 0.15) is 30.1 Å². The van der Waals surface area contributed by atoms with Gasteiger partial charge in [-0.25, -0.2) is 0 Å². The monoisotopic (exact) mass is 497 g/mol. The third kappa shape index (κ3) is 5.32. The highest BCUT2D eigenvalue weighted by Crippen LogP contribution is 2.37. The number of ether oxygens (including phenoxy) is 2. The molecule has 1 aliphatic heterocycles. The summed E-state index contributed by atoms with van der Waals surface area (Å²) in [6.45, 7) is 3.15. The van der Waals surface area contributed by atoms with Gasteiger partial charge < -0.3 is 19.9 Å². The van der Waals surface area contributed by atoms with Crippen LogP contribution in [0.5, 0.6) is 11.5 Å². The number of rotatable bonds is 10. The van der Waals surface area contributed by atoms with Gasteiger partial charge in [0.05, 0.1) is 13.7 Å². The SMILES string of the molecule is CNc1cc(OCC2=CC([N+](=O)[O-])CC(CO)C2C)c(OC)cc1C(=O)CN1CCC2C=CC=CC21. The molecule has 0 amide bonds. The number of benzene rings is 1. The van der Waals surface area contributed by atoms with E-state index in [4.69, 9.17) is 9.47 Å². The van der Waals surface area contributed by atoms with Crippen LogP contribution in [0.4, 0.5) is 5.69 Å². The number of nitrogens with one attached hydrogen (secondary N) is 1. The Hall–Kier alpha value is -3.17. The van der Waals surface area contributed by atoms with Crippen molar-refractivity contribution < 1.29 is 24.3 Å². The predicted octanol–water partition coefficient (Wildman–Crippen LogP) is 3.33. The van der Waals surface area contributed by atoms with Gasteiger partial charge in [0.15, 0.2) is 17.3 Å². The summed E-state index contributed by atoms with van der Waals surface area (Å²) in [5.41, 5.74) is 1.93. The minimum absolute atomic E-state index is 0.00368. The minimum atomic E-state index is -0.841. The molecular formula is C27H35N3O6. The van der Waals surface area contributed by atoms with E-state index in [9.17, 15) is 20.0 Å². The number of allylic oxidation sites excluding steroid dienone is 2. The first-order chi connectivity index (χ1) is 17.4. The molecule has 1 aromatic carbocycles. The standard InChI is InChI=1S/C27H35N3O6/c1-17-19(15-31)10-21(30(33)34)11-20(17)16-36-27-13-23(28-2)22(12-26(27)35-3)25(32)14-29-9-8-18-6-4-5-7-24(18)29/h4-7,11-13,17-19,21,24,28,31H,8-10,14-16H2,1-3H3. The number of aliphatic hydroxyl groups excluding tert-OH is 1. The van der Waals surface area contributed by atoms with Gasteiger partial charge in [0.2, 0.25) is 6.04 Å². The molecule has 3 aliphatic rings. The topological polar surface area (TPSA) is 114 Å². The van der Waals surface area contributed by atoms with Gasteiger partial charge >= 0.3 is 0 Å². The van der Waals surface area contributed by atoms with E-state index in [0.29, 0.717) is 41.6 Å².